The first-order valence-electron chi connectivity index (χ1n) is 6.84. The second-order valence-electron chi connectivity index (χ2n) is 4.46. The van der Waals surface area contributed by atoms with Gasteiger partial charge in [0.2, 0.25) is 0 Å². The fraction of sp³-hybridized carbons (Fsp3) is 0.533. The Hall–Kier alpha value is -1.29. The number of rotatable bonds is 4. The molecule has 4 heteroatoms. The van der Waals surface area contributed by atoms with Crippen molar-refractivity contribution in [1.29, 1.82) is 0 Å². The summed E-state index contributed by atoms with van der Waals surface area (Å²) in [5.74, 6) is 2.44. The van der Waals surface area contributed by atoms with Crippen molar-refractivity contribution in [1.82, 2.24) is 4.98 Å². The summed E-state index contributed by atoms with van der Waals surface area (Å²) in [6.45, 7) is 6.82. The van der Waals surface area contributed by atoms with E-state index in [1.807, 2.05) is 32.9 Å². The summed E-state index contributed by atoms with van der Waals surface area (Å²) in [4.78, 5) is 4.52. The van der Waals surface area contributed by atoms with E-state index in [0.717, 1.165) is 39.2 Å². The minimum absolute atomic E-state index is 0.746. The molecular weight excluding hydrogens is 258 g/mol. The molecule has 3 nitrogen and oxygen atoms in total. The van der Waals surface area contributed by atoms with Gasteiger partial charge in [-0.15, -0.1) is 11.3 Å². The Morgan fingerprint density at radius 3 is 2.68 bits per heavy atom. The van der Waals surface area contributed by atoms with E-state index in [1.54, 1.807) is 18.4 Å². The first-order valence-corrected chi connectivity index (χ1v) is 7.66. The molecule has 2 aromatic rings. The topological polar surface area (TPSA) is 31.4 Å². The molecule has 0 N–H and O–H groups in total. The van der Waals surface area contributed by atoms with E-state index in [0.29, 0.717) is 0 Å². The van der Waals surface area contributed by atoms with Crippen LogP contribution in [-0.2, 0) is 0 Å². The number of fused-ring (bicyclic) bond motifs is 1. The molecule has 1 heterocycles. The molecule has 0 atom stereocenters. The Kier molecular flexibility index (Phi) is 4.64. The van der Waals surface area contributed by atoms with Crippen molar-refractivity contribution in [3.8, 4) is 11.5 Å². The first-order chi connectivity index (χ1) is 9.26. The predicted octanol–water partition coefficient (Wildman–Crippen LogP) is 4.43. The second-order valence-corrected chi connectivity index (χ2v) is 5.69. The third kappa shape index (κ3) is 3.38. The number of hydrogen-bond donors (Lipinski definition) is 0. The Morgan fingerprint density at radius 2 is 2.05 bits per heavy atom. The van der Waals surface area contributed by atoms with Crippen molar-refractivity contribution in [2.45, 2.75) is 33.6 Å². The zero-order valence-electron chi connectivity index (χ0n) is 12.0. The monoisotopic (exact) mass is 279 g/mol. The van der Waals surface area contributed by atoms with Gasteiger partial charge in [0, 0.05) is 6.07 Å². The smallest absolute Gasteiger partial charge is 0.150 e. The third-order valence-corrected chi connectivity index (χ3v) is 3.87. The standard InChI is InChI=1S/C13H15NO2S.C2H6/c1-8-14-13-11(16-7-9-3-4-9)5-10(15-2)6-12(13)17-8;1-2/h5-6,9H,3-4,7H2,1-2H3;1-2H3. The molecule has 0 amide bonds. The largest absolute Gasteiger partial charge is 0.497 e. The quantitative estimate of drug-likeness (QED) is 0.829. The number of methoxy groups -OCH3 is 1. The van der Waals surface area contributed by atoms with Crippen LogP contribution in [0, 0.1) is 12.8 Å². The molecule has 1 fully saturated rings. The van der Waals surface area contributed by atoms with Crippen LogP contribution in [0.1, 0.15) is 31.7 Å². The molecule has 19 heavy (non-hydrogen) atoms. The van der Waals surface area contributed by atoms with Gasteiger partial charge in [-0.05, 0) is 31.7 Å². The Balaban J connectivity index is 0.000000637. The van der Waals surface area contributed by atoms with Gasteiger partial charge in [-0.3, -0.25) is 0 Å². The van der Waals surface area contributed by atoms with E-state index in [1.165, 1.54) is 12.8 Å². The van der Waals surface area contributed by atoms with Crippen LogP contribution in [0.3, 0.4) is 0 Å². The average Bonchev–Trinajstić information content (AvgIpc) is 3.18. The maximum absolute atomic E-state index is 5.86. The van der Waals surface area contributed by atoms with Gasteiger partial charge < -0.3 is 9.47 Å². The lowest BCUT2D eigenvalue weighted by Crippen LogP contribution is -1.99. The Labute approximate surface area is 118 Å². The highest BCUT2D eigenvalue weighted by molar-refractivity contribution is 7.18. The number of ether oxygens (including phenoxy) is 2. The molecule has 104 valence electrons. The summed E-state index contributed by atoms with van der Waals surface area (Å²) in [7, 11) is 1.68. The number of thiazole rings is 1. The van der Waals surface area contributed by atoms with E-state index >= 15 is 0 Å². The molecule has 1 aromatic carbocycles. The van der Waals surface area contributed by atoms with Gasteiger partial charge in [0.1, 0.15) is 17.0 Å². The molecule has 1 saturated carbocycles. The third-order valence-electron chi connectivity index (χ3n) is 2.95. The van der Waals surface area contributed by atoms with Crippen LogP contribution in [0.5, 0.6) is 11.5 Å². The molecule has 0 radical (unpaired) electrons. The lowest BCUT2D eigenvalue weighted by molar-refractivity contribution is 0.300. The number of aryl methyl sites for hydroxylation is 1. The summed E-state index contributed by atoms with van der Waals surface area (Å²) in [6.07, 6.45) is 2.59. The van der Waals surface area contributed by atoms with E-state index in [9.17, 15) is 0 Å². The Bertz CT molecular complexity index is 546. The first kappa shape index (κ1) is 14.1. The van der Waals surface area contributed by atoms with Crippen LogP contribution >= 0.6 is 11.3 Å². The minimum atomic E-state index is 0.746. The highest BCUT2D eigenvalue weighted by Gasteiger charge is 2.22. The normalized spacial score (nSPS) is 13.9. The summed E-state index contributed by atoms with van der Waals surface area (Å²) in [6, 6.07) is 3.95. The minimum Gasteiger partial charge on any atom is -0.497 e. The second kappa shape index (κ2) is 6.24. The zero-order valence-corrected chi connectivity index (χ0v) is 12.8. The molecule has 0 bridgehead atoms. The average molecular weight is 279 g/mol. The highest BCUT2D eigenvalue weighted by atomic mass is 32.1. The van der Waals surface area contributed by atoms with Gasteiger partial charge in [-0.2, -0.15) is 0 Å². The van der Waals surface area contributed by atoms with Gasteiger partial charge in [0.05, 0.1) is 23.4 Å². The summed E-state index contributed by atoms with van der Waals surface area (Å²) >= 11 is 1.67. The molecular formula is C15H21NO2S. The van der Waals surface area contributed by atoms with Gasteiger partial charge >= 0.3 is 0 Å². The Morgan fingerprint density at radius 1 is 1.32 bits per heavy atom. The van der Waals surface area contributed by atoms with Crippen LogP contribution in [0.2, 0.25) is 0 Å². The van der Waals surface area contributed by atoms with Crippen LogP contribution in [0.15, 0.2) is 12.1 Å². The number of nitrogens with zero attached hydrogens (tertiary/aromatic N) is 1. The van der Waals surface area contributed by atoms with E-state index in [-0.39, 0.29) is 0 Å². The fourth-order valence-corrected chi connectivity index (χ4v) is 2.68. The zero-order chi connectivity index (χ0) is 13.8. The van der Waals surface area contributed by atoms with Crippen LogP contribution in [0.4, 0.5) is 0 Å². The maximum Gasteiger partial charge on any atom is 0.150 e. The molecule has 0 unspecified atom stereocenters. The molecule has 0 aliphatic heterocycles. The van der Waals surface area contributed by atoms with Gasteiger partial charge in [-0.25, -0.2) is 4.98 Å². The van der Waals surface area contributed by atoms with Crippen LogP contribution < -0.4 is 9.47 Å². The summed E-state index contributed by atoms with van der Waals surface area (Å²) in [5, 5.41) is 1.06. The van der Waals surface area contributed by atoms with Crippen LogP contribution in [-0.4, -0.2) is 18.7 Å². The number of hydrogen-bond acceptors (Lipinski definition) is 4. The van der Waals surface area contributed by atoms with Crippen molar-refractivity contribution in [3.05, 3.63) is 17.1 Å². The van der Waals surface area contributed by atoms with E-state index < -0.39 is 0 Å². The molecule has 0 saturated heterocycles. The number of aromatic nitrogens is 1. The van der Waals surface area contributed by atoms with Crippen molar-refractivity contribution in [3.63, 3.8) is 0 Å². The number of benzene rings is 1. The SMILES string of the molecule is CC.COc1cc(OCC2CC2)c2nc(C)sc2c1. The molecule has 1 aromatic heterocycles. The predicted molar refractivity (Wildman–Crippen MR) is 80.5 cm³/mol. The molecule has 0 spiro atoms. The summed E-state index contributed by atoms with van der Waals surface area (Å²) in [5.41, 5.74) is 0.967. The highest BCUT2D eigenvalue weighted by Crippen LogP contribution is 2.36. The lowest BCUT2D eigenvalue weighted by atomic mass is 10.3. The molecule has 3 rings (SSSR count). The van der Waals surface area contributed by atoms with Gasteiger partial charge in [0.15, 0.2) is 0 Å². The molecule has 1 aliphatic rings. The summed E-state index contributed by atoms with van der Waals surface area (Å²) < 4.78 is 12.3. The van der Waals surface area contributed by atoms with Gasteiger partial charge in [0.25, 0.3) is 0 Å². The fourth-order valence-electron chi connectivity index (χ4n) is 1.81. The lowest BCUT2D eigenvalue weighted by Gasteiger charge is -2.08. The van der Waals surface area contributed by atoms with Crippen molar-refractivity contribution in [2.24, 2.45) is 5.92 Å². The van der Waals surface area contributed by atoms with Crippen LogP contribution in [0.25, 0.3) is 10.2 Å². The van der Waals surface area contributed by atoms with Crippen molar-refractivity contribution < 1.29 is 9.47 Å². The van der Waals surface area contributed by atoms with Crippen molar-refractivity contribution >= 4 is 21.6 Å². The maximum atomic E-state index is 5.86. The van der Waals surface area contributed by atoms with Gasteiger partial charge in [-0.1, -0.05) is 13.8 Å². The molecule has 1 aliphatic carbocycles. The van der Waals surface area contributed by atoms with E-state index in [4.69, 9.17) is 9.47 Å². The van der Waals surface area contributed by atoms with Crippen molar-refractivity contribution in [2.75, 3.05) is 13.7 Å². The van der Waals surface area contributed by atoms with E-state index in [2.05, 4.69) is 4.98 Å².